The van der Waals surface area contributed by atoms with Crippen LogP contribution < -0.4 is 4.74 Å². The topological polar surface area (TPSA) is 115 Å². The third kappa shape index (κ3) is 3.11. The number of aromatic carboxylic acids is 1. The van der Waals surface area contributed by atoms with E-state index in [0.29, 0.717) is 16.9 Å². The highest BCUT2D eigenvalue weighted by Crippen LogP contribution is 2.30. The van der Waals surface area contributed by atoms with Crippen LogP contribution >= 0.6 is 0 Å². The maximum Gasteiger partial charge on any atom is 0.356 e. The molecule has 0 spiro atoms. The molecule has 0 aliphatic carbocycles. The van der Waals surface area contributed by atoms with E-state index in [1.807, 2.05) is 0 Å². The van der Waals surface area contributed by atoms with Crippen LogP contribution in [-0.2, 0) is 0 Å². The number of rotatable bonds is 4. The van der Waals surface area contributed by atoms with Crippen molar-refractivity contribution in [3.8, 4) is 11.6 Å². The molecule has 0 saturated heterocycles. The average Bonchev–Trinajstić information content (AvgIpc) is 2.42. The van der Waals surface area contributed by atoms with Crippen molar-refractivity contribution in [1.29, 1.82) is 0 Å². The minimum atomic E-state index is -1.18. The lowest BCUT2D eigenvalue weighted by molar-refractivity contribution is -0.385. The molecule has 0 fully saturated rings. The predicted molar refractivity (Wildman–Crippen MR) is 71.6 cm³/mol. The molecule has 0 atom stereocenters. The van der Waals surface area contributed by atoms with Crippen LogP contribution in [0.4, 0.5) is 5.69 Å². The molecule has 0 aliphatic rings. The van der Waals surface area contributed by atoms with Gasteiger partial charge in [0.25, 0.3) is 5.69 Å². The highest BCUT2D eigenvalue weighted by Gasteiger charge is 2.15. The van der Waals surface area contributed by atoms with Crippen molar-refractivity contribution in [1.82, 2.24) is 10.2 Å². The van der Waals surface area contributed by atoms with E-state index < -0.39 is 10.9 Å². The first-order valence-electron chi connectivity index (χ1n) is 5.89. The fourth-order valence-electron chi connectivity index (χ4n) is 1.68. The maximum absolute atomic E-state index is 10.8. The molecule has 1 N–H and O–H groups in total. The summed E-state index contributed by atoms with van der Waals surface area (Å²) in [6.07, 6.45) is 0. The number of hydrogen-bond donors (Lipinski definition) is 1. The van der Waals surface area contributed by atoms with Crippen molar-refractivity contribution in [2.75, 3.05) is 0 Å². The number of nitro benzene ring substituents is 1. The lowest BCUT2D eigenvalue weighted by atomic mass is 10.1. The number of aryl methyl sites for hydroxylation is 2. The highest BCUT2D eigenvalue weighted by molar-refractivity contribution is 5.84. The van der Waals surface area contributed by atoms with E-state index in [4.69, 9.17) is 9.84 Å². The van der Waals surface area contributed by atoms with E-state index in [-0.39, 0.29) is 17.3 Å². The zero-order chi connectivity index (χ0) is 15.6. The minimum Gasteiger partial charge on any atom is -0.476 e. The standard InChI is InChI=1S/C13H11N3O5/c1-7-6-11(8(2)5-10(7)16(19)20)21-12-4-3-9(13(17)18)14-15-12/h3-6H,1-2H3,(H,17,18). The van der Waals surface area contributed by atoms with Gasteiger partial charge in [0.15, 0.2) is 5.69 Å². The Kier molecular flexibility index (Phi) is 3.79. The highest BCUT2D eigenvalue weighted by atomic mass is 16.6. The lowest BCUT2D eigenvalue weighted by Gasteiger charge is -2.08. The van der Waals surface area contributed by atoms with E-state index in [9.17, 15) is 14.9 Å². The summed E-state index contributed by atoms with van der Waals surface area (Å²) in [6.45, 7) is 3.27. The third-order valence-electron chi connectivity index (χ3n) is 2.76. The SMILES string of the molecule is Cc1cc([N+](=O)[O-])c(C)cc1Oc1ccc(C(=O)O)nn1. The molecule has 2 rings (SSSR count). The van der Waals surface area contributed by atoms with E-state index in [0.717, 1.165) is 0 Å². The van der Waals surface area contributed by atoms with Crippen molar-refractivity contribution in [3.63, 3.8) is 0 Å². The lowest BCUT2D eigenvalue weighted by Crippen LogP contribution is -2.02. The molecule has 1 aromatic heterocycles. The molecular formula is C13H11N3O5. The maximum atomic E-state index is 10.8. The molecule has 8 nitrogen and oxygen atoms in total. The summed E-state index contributed by atoms with van der Waals surface area (Å²) in [5.41, 5.74) is 0.832. The van der Waals surface area contributed by atoms with Gasteiger partial charge in [-0.3, -0.25) is 10.1 Å². The summed E-state index contributed by atoms with van der Waals surface area (Å²) in [4.78, 5) is 21.0. The largest absolute Gasteiger partial charge is 0.476 e. The van der Waals surface area contributed by atoms with E-state index in [1.165, 1.54) is 24.3 Å². The van der Waals surface area contributed by atoms with Gasteiger partial charge in [-0.1, -0.05) is 0 Å². The molecular weight excluding hydrogens is 278 g/mol. The van der Waals surface area contributed by atoms with Gasteiger partial charge >= 0.3 is 5.97 Å². The first-order valence-corrected chi connectivity index (χ1v) is 5.89. The molecule has 0 bridgehead atoms. The second-order valence-corrected chi connectivity index (χ2v) is 4.33. The number of ether oxygens (including phenoxy) is 1. The van der Waals surface area contributed by atoms with Gasteiger partial charge in [-0.05, 0) is 31.5 Å². The van der Waals surface area contributed by atoms with Crippen LogP contribution in [0.25, 0.3) is 0 Å². The first kappa shape index (κ1) is 14.4. The van der Waals surface area contributed by atoms with Crippen molar-refractivity contribution in [3.05, 3.63) is 51.2 Å². The molecule has 1 aromatic carbocycles. The molecule has 0 unspecified atom stereocenters. The number of aromatic nitrogens is 2. The fraction of sp³-hybridized carbons (Fsp3) is 0.154. The van der Waals surface area contributed by atoms with Crippen molar-refractivity contribution < 1.29 is 19.6 Å². The number of hydrogen-bond acceptors (Lipinski definition) is 6. The van der Waals surface area contributed by atoms with Gasteiger partial charge in [-0.2, -0.15) is 0 Å². The molecule has 1 heterocycles. The van der Waals surface area contributed by atoms with Crippen LogP contribution in [0.1, 0.15) is 21.6 Å². The van der Waals surface area contributed by atoms with Gasteiger partial charge in [-0.15, -0.1) is 10.2 Å². The second kappa shape index (κ2) is 5.53. The monoisotopic (exact) mass is 289 g/mol. The fourth-order valence-corrected chi connectivity index (χ4v) is 1.68. The Morgan fingerprint density at radius 3 is 2.48 bits per heavy atom. The Hall–Kier alpha value is -3.03. The smallest absolute Gasteiger partial charge is 0.356 e. The number of carboxylic acids is 1. The van der Waals surface area contributed by atoms with E-state index in [1.54, 1.807) is 13.8 Å². The Balaban J connectivity index is 2.29. The van der Waals surface area contributed by atoms with Crippen LogP contribution in [0.2, 0.25) is 0 Å². The quantitative estimate of drug-likeness (QED) is 0.678. The zero-order valence-electron chi connectivity index (χ0n) is 11.2. The third-order valence-corrected chi connectivity index (χ3v) is 2.76. The summed E-state index contributed by atoms with van der Waals surface area (Å²) in [5.74, 6) is -0.678. The Morgan fingerprint density at radius 1 is 1.24 bits per heavy atom. The first-order chi connectivity index (χ1) is 9.88. The van der Waals surface area contributed by atoms with Gasteiger partial charge in [0, 0.05) is 17.7 Å². The second-order valence-electron chi connectivity index (χ2n) is 4.33. The minimum absolute atomic E-state index is 0.00663. The Bertz CT molecular complexity index is 712. The summed E-state index contributed by atoms with van der Waals surface area (Å²) in [5, 5.41) is 26.7. The van der Waals surface area contributed by atoms with Gasteiger partial charge in [0.2, 0.25) is 5.88 Å². The van der Waals surface area contributed by atoms with Crippen LogP contribution in [-0.4, -0.2) is 26.2 Å². The normalized spacial score (nSPS) is 10.2. The zero-order valence-corrected chi connectivity index (χ0v) is 11.2. The summed E-state index contributed by atoms with van der Waals surface area (Å²) in [7, 11) is 0. The van der Waals surface area contributed by atoms with Gasteiger partial charge in [-0.25, -0.2) is 4.79 Å². The molecule has 108 valence electrons. The molecule has 2 aromatic rings. The number of benzene rings is 1. The summed E-state index contributed by atoms with van der Waals surface area (Å²) < 4.78 is 5.47. The van der Waals surface area contributed by atoms with Crippen LogP contribution in [0.3, 0.4) is 0 Å². The van der Waals surface area contributed by atoms with Gasteiger partial charge in [0.05, 0.1) is 4.92 Å². The molecule has 0 saturated carbocycles. The van der Waals surface area contributed by atoms with Crippen LogP contribution in [0.15, 0.2) is 24.3 Å². The molecule has 0 amide bonds. The molecule has 21 heavy (non-hydrogen) atoms. The van der Waals surface area contributed by atoms with Crippen molar-refractivity contribution >= 4 is 11.7 Å². The average molecular weight is 289 g/mol. The molecule has 0 radical (unpaired) electrons. The number of carbonyl (C=O) groups is 1. The number of carboxylic acid groups (broad SMARTS) is 1. The predicted octanol–water partition coefficient (Wildman–Crippen LogP) is 2.49. The van der Waals surface area contributed by atoms with E-state index >= 15 is 0 Å². The number of nitrogens with zero attached hydrogens (tertiary/aromatic N) is 3. The van der Waals surface area contributed by atoms with Gasteiger partial charge < -0.3 is 9.84 Å². The van der Waals surface area contributed by atoms with Crippen molar-refractivity contribution in [2.45, 2.75) is 13.8 Å². The Morgan fingerprint density at radius 2 is 1.95 bits per heavy atom. The van der Waals surface area contributed by atoms with Crippen LogP contribution in [0, 0.1) is 24.0 Å². The molecule has 0 aliphatic heterocycles. The summed E-state index contributed by atoms with van der Waals surface area (Å²) in [6, 6.07) is 5.56. The van der Waals surface area contributed by atoms with Gasteiger partial charge in [0.1, 0.15) is 5.75 Å². The van der Waals surface area contributed by atoms with E-state index in [2.05, 4.69) is 10.2 Å². The molecule has 8 heteroatoms. The summed E-state index contributed by atoms with van der Waals surface area (Å²) >= 11 is 0. The number of nitro groups is 1. The van der Waals surface area contributed by atoms with Crippen LogP contribution in [0.5, 0.6) is 11.6 Å². The van der Waals surface area contributed by atoms with Crippen molar-refractivity contribution in [2.24, 2.45) is 0 Å². The Labute approximate surface area is 119 Å².